The summed E-state index contributed by atoms with van der Waals surface area (Å²) < 4.78 is 16.8. The number of rotatable bonds is 6. The van der Waals surface area contributed by atoms with Crippen molar-refractivity contribution in [2.45, 2.75) is 50.5 Å². The largest absolute Gasteiger partial charge is 0.486 e. The molecule has 2 heterocycles. The molecule has 1 spiro atoms. The SMILES string of the molecule is COCCCNC(=O)CN1CC2(CCCC2)c2cc3c(cc2[C@H]1C)OCCO3. The van der Waals surface area contributed by atoms with Crippen LogP contribution >= 0.6 is 0 Å². The first-order chi connectivity index (χ1) is 13.6. The van der Waals surface area contributed by atoms with Crippen LogP contribution in [0.4, 0.5) is 0 Å². The van der Waals surface area contributed by atoms with Gasteiger partial charge in [0.1, 0.15) is 13.2 Å². The first kappa shape index (κ1) is 19.5. The Balaban J connectivity index is 1.56. The van der Waals surface area contributed by atoms with Gasteiger partial charge in [-0.25, -0.2) is 0 Å². The minimum absolute atomic E-state index is 0.0945. The fraction of sp³-hybridized carbons (Fsp3) is 0.682. The van der Waals surface area contributed by atoms with Crippen molar-refractivity contribution in [2.24, 2.45) is 0 Å². The maximum absolute atomic E-state index is 12.5. The van der Waals surface area contributed by atoms with Crippen LogP contribution in [0.3, 0.4) is 0 Å². The number of hydrogen-bond acceptors (Lipinski definition) is 5. The van der Waals surface area contributed by atoms with E-state index in [0.29, 0.717) is 32.9 Å². The smallest absolute Gasteiger partial charge is 0.234 e. The van der Waals surface area contributed by atoms with E-state index in [4.69, 9.17) is 14.2 Å². The van der Waals surface area contributed by atoms with Gasteiger partial charge in [-0.15, -0.1) is 0 Å². The summed E-state index contributed by atoms with van der Waals surface area (Å²) in [7, 11) is 1.68. The lowest BCUT2D eigenvalue weighted by Gasteiger charge is -2.46. The normalized spacial score (nSPS) is 22.9. The Hall–Kier alpha value is -1.79. The number of fused-ring (bicyclic) bond motifs is 3. The molecule has 1 fully saturated rings. The zero-order valence-corrected chi connectivity index (χ0v) is 17.1. The summed E-state index contributed by atoms with van der Waals surface area (Å²) in [6.07, 6.45) is 5.70. The quantitative estimate of drug-likeness (QED) is 0.760. The third-order valence-electron chi connectivity index (χ3n) is 6.54. The van der Waals surface area contributed by atoms with E-state index >= 15 is 0 Å². The van der Waals surface area contributed by atoms with Gasteiger partial charge in [-0.2, -0.15) is 0 Å². The summed E-state index contributed by atoms with van der Waals surface area (Å²) in [5.41, 5.74) is 2.84. The zero-order valence-electron chi connectivity index (χ0n) is 17.1. The molecule has 28 heavy (non-hydrogen) atoms. The standard InChI is InChI=1S/C22H32N2O4/c1-16-17-12-19-20(28-11-10-27-19)13-18(17)22(6-3-4-7-22)15-24(16)14-21(25)23-8-5-9-26-2/h12-13,16H,3-11,14-15H2,1-2H3,(H,23,25)/t16-/m1/s1. The highest BCUT2D eigenvalue weighted by Gasteiger charge is 2.45. The van der Waals surface area contributed by atoms with Crippen LogP contribution in [-0.4, -0.2) is 57.4 Å². The summed E-state index contributed by atoms with van der Waals surface area (Å²) in [4.78, 5) is 14.9. The molecule has 1 saturated carbocycles. The molecule has 0 unspecified atom stereocenters. The van der Waals surface area contributed by atoms with Crippen molar-refractivity contribution in [1.29, 1.82) is 0 Å². The molecule has 0 aromatic heterocycles. The number of carbonyl (C=O) groups is 1. The number of nitrogens with one attached hydrogen (secondary N) is 1. The number of hydrogen-bond donors (Lipinski definition) is 1. The van der Waals surface area contributed by atoms with Crippen molar-refractivity contribution in [2.75, 3.05) is 46.6 Å². The van der Waals surface area contributed by atoms with Gasteiger partial charge in [0.15, 0.2) is 11.5 Å². The van der Waals surface area contributed by atoms with E-state index in [1.54, 1.807) is 7.11 Å². The summed E-state index contributed by atoms with van der Waals surface area (Å²) in [6, 6.07) is 4.58. The van der Waals surface area contributed by atoms with Gasteiger partial charge in [-0.1, -0.05) is 12.8 Å². The minimum atomic E-state index is 0.0945. The lowest BCUT2D eigenvalue weighted by atomic mass is 9.71. The molecule has 1 aromatic rings. The molecule has 1 amide bonds. The first-order valence-corrected chi connectivity index (χ1v) is 10.6. The third-order valence-corrected chi connectivity index (χ3v) is 6.54. The predicted molar refractivity (Wildman–Crippen MR) is 107 cm³/mol. The molecule has 0 radical (unpaired) electrons. The van der Waals surface area contributed by atoms with Crippen LogP contribution in [-0.2, 0) is 14.9 Å². The van der Waals surface area contributed by atoms with Gasteiger partial charge in [0.05, 0.1) is 6.54 Å². The van der Waals surface area contributed by atoms with Crippen LogP contribution in [0.25, 0.3) is 0 Å². The van der Waals surface area contributed by atoms with Gasteiger partial charge in [0, 0.05) is 38.3 Å². The molecule has 6 nitrogen and oxygen atoms in total. The second kappa shape index (κ2) is 8.29. The molecule has 3 aliphatic rings. The van der Waals surface area contributed by atoms with E-state index in [2.05, 4.69) is 29.3 Å². The maximum Gasteiger partial charge on any atom is 0.234 e. The fourth-order valence-corrected chi connectivity index (χ4v) is 5.07. The fourth-order valence-electron chi connectivity index (χ4n) is 5.07. The summed E-state index contributed by atoms with van der Waals surface area (Å²) in [6.45, 7) is 6.12. The van der Waals surface area contributed by atoms with Crippen molar-refractivity contribution in [3.05, 3.63) is 23.3 Å². The topological polar surface area (TPSA) is 60.0 Å². The van der Waals surface area contributed by atoms with E-state index in [0.717, 1.165) is 24.5 Å². The number of methoxy groups -OCH3 is 1. The minimum Gasteiger partial charge on any atom is -0.486 e. The second-order valence-corrected chi connectivity index (χ2v) is 8.35. The third kappa shape index (κ3) is 3.72. The molecule has 0 saturated heterocycles. The zero-order chi connectivity index (χ0) is 19.6. The molecule has 1 aromatic carbocycles. The van der Waals surface area contributed by atoms with E-state index in [1.807, 2.05) is 0 Å². The first-order valence-electron chi connectivity index (χ1n) is 10.6. The Kier molecular flexibility index (Phi) is 5.78. The molecule has 1 atom stereocenters. The molecule has 6 heteroatoms. The average Bonchev–Trinajstić information content (AvgIpc) is 3.17. The summed E-state index contributed by atoms with van der Waals surface area (Å²) >= 11 is 0. The molecule has 1 N–H and O–H groups in total. The number of amides is 1. The highest BCUT2D eigenvalue weighted by Crippen LogP contribution is 2.51. The molecule has 1 aliphatic carbocycles. The summed E-state index contributed by atoms with van der Waals surface area (Å²) in [5.74, 6) is 1.82. The molecular formula is C22H32N2O4. The van der Waals surface area contributed by atoms with Crippen LogP contribution < -0.4 is 14.8 Å². The number of ether oxygens (including phenoxy) is 3. The highest BCUT2D eigenvalue weighted by molar-refractivity contribution is 5.78. The number of nitrogens with zero attached hydrogens (tertiary/aromatic N) is 1. The predicted octanol–water partition coefficient (Wildman–Crippen LogP) is 2.80. The second-order valence-electron chi connectivity index (χ2n) is 8.35. The molecule has 2 aliphatic heterocycles. The van der Waals surface area contributed by atoms with Crippen LogP contribution in [0, 0.1) is 0 Å². The average molecular weight is 389 g/mol. The van der Waals surface area contributed by atoms with Crippen molar-refractivity contribution in [1.82, 2.24) is 10.2 Å². The van der Waals surface area contributed by atoms with Gasteiger partial charge < -0.3 is 19.5 Å². The van der Waals surface area contributed by atoms with E-state index < -0.39 is 0 Å². The Labute approximate surface area is 167 Å². The molecule has 154 valence electrons. The van der Waals surface area contributed by atoms with Crippen molar-refractivity contribution in [3.63, 3.8) is 0 Å². The summed E-state index contributed by atoms with van der Waals surface area (Å²) in [5, 5.41) is 3.03. The van der Waals surface area contributed by atoms with Gasteiger partial charge in [0.25, 0.3) is 0 Å². The number of benzene rings is 1. The maximum atomic E-state index is 12.5. The number of carbonyl (C=O) groups excluding carboxylic acids is 1. The van der Waals surface area contributed by atoms with E-state index in [9.17, 15) is 4.79 Å². The van der Waals surface area contributed by atoms with Crippen molar-refractivity contribution < 1.29 is 19.0 Å². The van der Waals surface area contributed by atoms with Crippen molar-refractivity contribution in [3.8, 4) is 11.5 Å². The van der Waals surface area contributed by atoms with Crippen LogP contribution in [0.5, 0.6) is 11.5 Å². The monoisotopic (exact) mass is 388 g/mol. The van der Waals surface area contributed by atoms with Gasteiger partial charge in [0.2, 0.25) is 5.91 Å². The van der Waals surface area contributed by atoms with Gasteiger partial charge >= 0.3 is 0 Å². The van der Waals surface area contributed by atoms with Crippen molar-refractivity contribution >= 4 is 5.91 Å². The Morgan fingerprint density at radius 3 is 2.68 bits per heavy atom. The van der Waals surface area contributed by atoms with Crippen LogP contribution in [0.2, 0.25) is 0 Å². The van der Waals surface area contributed by atoms with Crippen LogP contribution in [0.1, 0.15) is 56.2 Å². The highest BCUT2D eigenvalue weighted by atomic mass is 16.6. The van der Waals surface area contributed by atoms with Gasteiger partial charge in [-0.05, 0) is 49.4 Å². The molecular weight excluding hydrogens is 356 g/mol. The van der Waals surface area contributed by atoms with E-state index in [-0.39, 0.29) is 17.4 Å². The lowest BCUT2D eigenvalue weighted by molar-refractivity contribution is -0.123. The molecule has 4 rings (SSSR count). The van der Waals surface area contributed by atoms with Gasteiger partial charge in [-0.3, -0.25) is 9.69 Å². The van der Waals surface area contributed by atoms with Crippen LogP contribution in [0.15, 0.2) is 12.1 Å². The van der Waals surface area contributed by atoms with E-state index in [1.165, 1.54) is 36.8 Å². The Bertz CT molecular complexity index is 715. The Morgan fingerprint density at radius 2 is 1.96 bits per heavy atom. The Morgan fingerprint density at radius 1 is 1.25 bits per heavy atom. The lowest BCUT2D eigenvalue weighted by Crippen LogP contribution is -2.49. The molecule has 0 bridgehead atoms.